The SMILES string of the molecule is C[C@H](OC(=O)N=[S@](N)(=O)C[C@@H](N)CCCO)c1ccccc1. The van der Waals surface area contributed by atoms with Crippen molar-refractivity contribution in [1.29, 1.82) is 0 Å². The van der Waals surface area contributed by atoms with Gasteiger partial charge in [0.2, 0.25) is 0 Å². The molecule has 0 saturated carbocycles. The number of aliphatic hydroxyl groups is 1. The first-order valence-electron chi connectivity index (χ1n) is 6.98. The van der Waals surface area contributed by atoms with Crippen molar-refractivity contribution in [2.24, 2.45) is 15.2 Å². The molecule has 0 aromatic heterocycles. The van der Waals surface area contributed by atoms with E-state index in [9.17, 15) is 9.00 Å². The zero-order valence-corrected chi connectivity index (χ0v) is 13.4. The number of aliphatic hydroxyl groups excluding tert-OH is 1. The molecule has 0 aliphatic heterocycles. The Morgan fingerprint density at radius 1 is 1.41 bits per heavy atom. The van der Waals surface area contributed by atoms with Gasteiger partial charge in [-0.05, 0) is 25.3 Å². The molecule has 124 valence electrons. The number of rotatable bonds is 7. The average Bonchev–Trinajstić information content (AvgIpc) is 2.44. The highest BCUT2D eigenvalue weighted by Gasteiger charge is 2.15. The molecular weight excluding hydrogens is 306 g/mol. The second-order valence-electron chi connectivity index (χ2n) is 5.01. The molecule has 1 amide bonds. The minimum atomic E-state index is -3.24. The van der Waals surface area contributed by atoms with Gasteiger partial charge in [-0.25, -0.2) is 14.1 Å². The lowest BCUT2D eigenvalue weighted by Gasteiger charge is -2.13. The summed E-state index contributed by atoms with van der Waals surface area (Å²) in [6.45, 7) is 1.68. The Bertz CT molecular complexity index is 585. The highest BCUT2D eigenvalue weighted by atomic mass is 32.2. The van der Waals surface area contributed by atoms with E-state index in [1.807, 2.05) is 30.3 Å². The molecule has 3 atom stereocenters. The molecule has 0 unspecified atom stereocenters. The molecule has 5 N–H and O–H groups in total. The first-order chi connectivity index (χ1) is 10.3. The van der Waals surface area contributed by atoms with Crippen molar-refractivity contribution in [1.82, 2.24) is 0 Å². The third-order valence-electron chi connectivity index (χ3n) is 2.96. The highest BCUT2D eigenvalue weighted by molar-refractivity contribution is 7.91. The predicted octanol–water partition coefficient (Wildman–Crippen LogP) is 1.33. The molecular formula is C14H23N3O4S. The van der Waals surface area contributed by atoms with E-state index in [1.54, 1.807) is 6.92 Å². The fourth-order valence-corrected chi connectivity index (χ4v) is 3.02. The molecule has 22 heavy (non-hydrogen) atoms. The monoisotopic (exact) mass is 329 g/mol. The van der Waals surface area contributed by atoms with Crippen LogP contribution in [0.5, 0.6) is 0 Å². The smallest absolute Gasteiger partial charge is 0.440 e. The summed E-state index contributed by atoms with van der Waals surface area (Å²) in [5, 5.41) is 14.2. The standard InChI is InChI=1S/C14H23N3O4S/c1-11(12-6-3-2-4-7-12)21-14(19)17-22(16,20)10-13(15)8-5-9-18/h2-4,6-7,11,13,18H,5,8-10,15H2,1H3,(H2,16,17,19,20)/t11-,13-,22-/m0/s1. The van der Waals surface area contributed by atoms with Crippen molar-refractivity contribution in [3.63, 3.8) is 0 Å². The topological polar surface area (TPSA) is 128 Å². The van der Waals surface area contributed by atoms with Gasteiger partial charge in [0.25, 0.3) is 0 Å². The third-order valence-corrected chi connectivity index (χ3v) is 4.33. The van der Waals surface area contributed by atoms with Crippen LogP contribution in [-0.4, -0.2) is 33.8 Å². The molecule has 0 bridgehead atoms. The van der Waals surface area contributed by atoms with Crippen LogP contribution in [0.1, 0.15) is 31.4 Å². The fourth-order valence-electron chi connectivity index (χ4n) is 1.87. The van der Waals surface area contributed by atoms with Crippen LogP contribution in [0.3, 0.4) is 0 Å². The van der Waals surface area contributed by atoms with Crippen molar-refractivity contribution in [2.75, 3.05) is 12.4 Å². The summed E-state index contributed by atoms with van der Waals surface area (Å²) in [5.41, 5.74) is 6.53. The van der Waals surface area contributed by atoms with Crippen LogP contribution < -0.4 is 10.9 Å². The van der Waals surface area contributed by atoms with Crippen LogP contribution in [0.4, 0.5) is 4.79 Å². The van der Waals surface area contributed by atoms with E-state index in [2.05, 4.69) is 4.36 Å². The lowest BCUT2D eigenvalue weighted by atomic mass is 10.1. The van der Waals surface area contributed by atoms with Gasteiger partial charge in [-0.15, -0.1) is 4.36 Å². The van der Waals surface area contributed by atoms with E-state index in [-0.39, 0.29) is 12.4 Å². The van der Waals surface area contributed by atoms with Crippen LogP contribution in [0, 0.1) is 0 Å². The Balaban J connectivity index is 2.62. The largest absolute Gasteiger partial charge is 0.443 e. The molecule has 7 nitrogen and oxygen atoms in total. The van der Waals surface area contributed by atoms with E-state index in [0.717, 1.165) is 5.56 Å². The van der Waals surface area contributed by atoms with Gasteiger partial charge in [-0.3, -0.25) is 0 Å². The summed E-state index contributed by atoms with van der Waals surface area (Å²) in [5.74, 6) is -0.123. The number of benzene rings is 1. The Morgan fingerprint density at radius 2 is 2.05 bits per heavy atom. The number of carbonyl (C=O) groups is 1. The van der Waals surface area contributed by atoms with Crippen molar-refractivity contribution < 1.29 is 18.8 Å². The summed E-state index contributed by atoms with van der Waals surface area (Å²) < 4.78 is 20.6. The number of ether oxygens (including phenoxy) is 1. The number of hydrogen-bond acceptors (Lipinski definition) is 5. The van der Waals surface area contributed by atoms with Gasteiger partial charge < -0.3 is 15.6 Å². The zero-order valence-electron chi connectivity index (χ0n) is 12.6. The van der Waals surface area contributed by atoms with Crippen molar-refractivity contribution >= 4 is 16.0 Å². The van der Waals surface area contributed by atoms with Crippen molar-refractivity contribution in [3.05, 3.63) is 35.9 Å². The Morgan fingerprint density at radius 3 is 2.64 bits per heavy atom. The Hall–Kier alpha value is -1.48. The van der Waals surface area contributed by atoms with Gasteiger partial charge in [0.05, 0.1) is 5.75 Å². The van der Waals surface area contributed by atoms with Crippen LogP contribution >= 0.6 is 0 Å². The summed E-state index contributed by atoms with van der Waals surface area (Å²) in [6.07, 6.45) is -0.559. The maximum atomic E-state index is 12.1. The van der Waals surface area contributed by atoms with Gasteiger partial charge >= 0.3 is 6.09 Å². The number of amides is 1. The first kappa shape index (κ1) is 18.6. The normalized spacial score (nSPS) is 16.4. The van der Waals surface area contributed by atoms with E-state index in [1.165, 1.54) is 0 Å². The van der Waals surface area contributed by atoms with Crippen molar-refractivity contribution in [2.45, 2.75) is 31.9 Å². The Kier molecular flexibility index (Phi) is 7.46. The second kappa shape index (κ2) is 8.84. The highest BCUT2D eigenvalue weighted by Crippen LogP contribution is 2.16. The molecule has 8 heteroatoms. The maximum Gasteiger partial charge on any atom is 0.443 e. The molecule has 1 aromatic carbocycles. The van der Waals surface area contributed by atoms with E-state index in [4.69, 9.17) is 20.7 Å². The third kappa shape index (κ3) is 6.99. The number of carbonyl (C=O) groups excluding carboxylic acids is 1. The molecule has 0 aliphatic carbocycles. The van der Waals surface area contributed by atoms with Gasteiger partial charge in [0.15, 0.2) is 0 Å². The Labute approximate surface area is 131 Å². The van der Waals surface area contributed by atoms with Crippen LogP contribution in [0.2, 0.25) is 0 Å². The van der Waals surface area contributed by atoms with E-state index in [0.29, 0.717) is 12.8 Å². The second-order valence-corrected chi connectivity index (χ2v) is 6.91. The molecule has 0 fully saturated rings. The maximum absolute atomic E-state index is 12.1. The molecule has 1 aromatic rings. The predicted molar refractivity (Wildman–Crippen MR) is 85.3 cm³/mol. The van der Waals surface area contributed by atoms with E-state index >= 15 is 0 Å². The average molecular weight is 329 g/mol. The summed E-state index contributed by atoms with van der Waals surface area (Å²) >= 11 is 0. The number of nitrogens with two attached hydrogens (primary N) is 2. The van der Waals surface area contributed by atoms with Gasteiger partial charge in [-0.2, -0.15) is 0 Å². The molecule has 0 aliphatic rings. The van der Waals surface area contributed by atoms with Crippen LogP contribution in [0.25, 0.3) is 0 Å². The zero-order chi connectivity index (χ0) is 16.6. The number of nitrogens with zero attached hydrogens (tertiary/aromatic N) is 1. The lowest BCUT2D eigenvalue weighted by Crippen LogP contribution is -2.33. The molecule has 0 radical (unpaired) electrons. The fraction of sp³-hybridized carbons (Fsp3) is 0.500. The molecule has 0 spiro atoms. The molecule has 0 saturated heterocycles. The van der Waals surface area contributed by atoms with E-state index < -0.39 is 28.2 Å². The summed E-state index contributed by atoms with van der Waals surface area (Å²) in [4.78, 5) is 11.7. The molecule has 0 heterocycles. The summed E-state index contributed by atoms with van der Waals surface area (Å²) in [7, 11) is -3.24. The molecule has 1 rings (SSSR count). The van der Waals surface area contributed by atoms with Crippen LogP contribution in [0.15, 0.2) is 34.7 Å². The lowest BCUT2D eigenvalue weighted by molar-refractivity contribution is 0.117. The van der Waals surface area contributed by atoms with Crippen LogP contribution in [-0.2, 0) is 14.7 Å². The van der Waals surface area contributed by atoms with Crippen molar-refractivity contribution in [3.8, 4) is 0 Å². The minimum absolute atomic E-state index is 0.00671. The first-order valence-corrected chi connectivity index (χ1v) is 8.73. The quantitative estimate of drug-likeness (QED) is 0.695. The van der Waals surface area contributed by atoms with Gasteiger partial charge in [0, 0.05) is 12.6 Å². The van der Waals surface area contributed by atoms with Gasteiger partial charge in [0.1, 0.15) is 16.0 Å². The number of hydrogen-bond donors (Lipinski definition) is 3. The minimum Gasteiger partial charge on any atom is -0.440 e. The summed E-state index contributed by atoms with van der Waals surface area (Å²) in [6, 6.07) is 8.62. The van der Waals surface area contributed by atoms with Gasteiger partial charge in [-0.1, -0.05) is 30.3 Å².